The van der Waals surface area contributed by atoms with Crippen molar-refractivity contribution in [2.45, 2.75) is 12.7 Å². The lowest BCUT2D eigenvalue weighted by molar-refractivity contribution is -0.181. The van der Waals surface area contributed by atoms with Crippen molar-refractivity contribution in [3.63, 3.8) is 0 Å². The summed E-state index contributed by atoms with van der Waals surface area (Å²) in [6.07, 6.45) is -1.48. The second-order valence-corrected chi connectivity index (χ2v) is 2.56. The van der Waals surface area contributed by atoms with E-state index in [0.29, 0.717) is 0 Å². The molecule has 1 atom stereocenters. The third-order valence-electron chi connectivity index (χ3n) is 1.67. The first kappa shape index (κ1) is 10.7. The predicted molar refractivity (Wildman–Crippen MR) is 50.9 cm³/mol. The first-order valence-corrected chi connectivity index (χ1v) is 3.87. The smallest absolute Gasteiger partial charge is 0.244 e. The summed E-state index contributed by atoms with van der Waals surface area (Å²) in [5.74, 6) is 0.149. The largest absolute Gasteiger partial charge is 0.369 e. The maximum absolute atomic E-state index is 5.65. The molecule has 14 heavy (non-hydrogen) atoms. The van der Waals surface area contributed by atoms with E-state index in [0.717, 1.165) is 0 Å². The molecule has 1 unspecified atom stereocenters. The van der Waals surface area contributed by atoms with Crippen LogP contribution in [0.2, 0.25) is 0 Å². The number of nitrogens with zero attached hydrogens (tertiary/aromatic N) is 3. The minimum Gasteiger partial charge on any atom is -0.369 e. The maximum atomic E-state index is 5.65. The van der Waals surface area contributed by atoms with Gasteiger partial charge in [0.15, 0.2) is 6.29 Å². The van der Waals surface area contributed by atoms with Gasteiger partial charge in [-0.3, -0.25) is 10.6 Å². The number of rotatable bonds is 3. The Kier molecular flexibility index (Phi) is 3.23. The normalized spacial score (nSPS) is 22.3. The van der Waals surface area contributed by atoms with Crippen molar-refractivity contribution < 1.29 is 9.47 Å². The van der Waals surface area contributed by atoms with Gasteiger partial charge in [0.25, 0.3) is 0 Å². The number of nitrogens with two attached hydrogens (primary N) is 3. The van der Waals surface area contributed by atoms with E-state index < -0.39 is 12.7 Å². The Hall–Kier alpha value is -1.38. The average molecular weight is 202 g/mol. The number of aliphatic imine (C=N–C) groups is 2. The van der Waals surface area contributed by atoms with Gasteiger partial charge in [0.05, 0.1) is 0 Å². The monoisotopic (exact) mass is 202 g/mol. The van der Waals surface area contributed by atoms with E-state index in [1.807, 2.05) is 0 Å². The van der Waals surface area contributed by atoms with Crippen LogP contribution >= 0.6 is 0 Å². The summed E-state index contributed by atoms with van der Waals surface area (Å²) in [7, 11) is 2.91. The van der Waals surface area contributed by atoms with Crippen molar-refractivity contribution in [1.82, 2.24) is 4.90 Å². The molecule has 6 N–H and O–H groups in total. The Morgan fingerprint density at radius 1 is 1.36 bits per heavy atom. The van der Waals surface area contributed by atoms with Crippen LogP contribution in [0.1, 0.15) is 0 Å². The zero-order valence-electron chi connectivity index (χ0n) is 8.04. The van der Waals surface area contributed by atoms with Crippen molar-refractivity contribution in [3.8, 4) is 0 Å². The number of guanidine groups is 2. The van der Waals surface area contributed by atoms with Crippen LogP contribution in [-0.2, 0) is 9.47 Å². The SMILES string of the molecule is COC(OC)N1C(N)=NC(N)=NC1N. The molecule has 80 valence electrons. The van der Waals surface area contributed by atoms with E-state index in [1.165, 1.54) is 19.1 Å². The lowest BCUT2D eigenvalue weighted by Crippen LogP contribution is -2.57. The van der Waals surface area contributed by atoms with E-state index in [-0.39, 0.29) is 11.9 Å². The van der Waals surface area contributed by atoms with Crippen LogP contribution in [0, 0.1) is 0 Å². The van der Waals surface area contributed by atoms with Crippen LogP contribution in [-0.4, -0.2) is 43.7 Å². The fourth-order valence-electron chi connectivity index (χ4n) is 1.09. The minimum absolute atomic E-state index is 0.0391. The molecule has 0 amide bonds. The highest BCUT2D eigenvalue weighted by molar-refractivity contribution is 5.95. The Balaban J connectivity index is 2.85. The zero-order valence-corrected chi connectivity index (χ0v) is 8.04. The third-order valence-corrected chi connectivity index (χ3v) is 1.67. The molecule has 0 fully saturated rings. The molecule has 1 aliphatic heterocycles. The third kappa shape index (κ3) is 1.92. The second-order valence-electron chi connectivity index (χ2n) is 2.56. The Morgan fingerprint density at radius 2 is 1.93 bits per heavy atom. The molecule has 0 spiro atoms. The summed E-state index contributed by atoms with van der Waals surface area (Å²) < 4.78 is 9.94. The molecule has 1 aliphatic rings. The van der Waals surface area contributed by atoms with Crippen molar-refractivity contribution in [2.24, 2.45) is 27.2 Å². The van der Waals surface area contributed by atoms with E-state index in [9.17, 15) is 0 Å². The Bertz CT molecular complexity index is 261. The average Bonchev–Trinajstić information content (AvgIpc) is 2.10. The van der Waals surface area contributed by atoms with Gasteiger partial charge in [0.2, 0.25) is 18.3 Å². The standard InChI is InChI=1S/C6H14N6O2/c1-13-6(14-2)12-4(8)10-3(7)11-5(12)9/h4,6H,8H2,1-2H3,(H4,7,9,10,11). The van der Waals surface area contributed by atoms with Crippen molar-refractivity contribution in [2.75, 3.05) is 14.2 Å². The van der Waals surface area contributed by atoms with Crippen LogP contribution < -0.4 is 17.2 Å². The number of ether oxygens (including phenoxy) is 2. The molecule has 0 aromatic rings. The highest BCUT2D eigenvalue weighted by Gasteiger charge is 2.28. The van der Waals surface area contributed by atoms with Gasteiger partial charge < -0.3 is 20.9 Å². The van der Waals surface area contributed by atoms with Gasteiger partial charge in [0, 0.05) is 14.2 Å². The summed E-state index contributed by atoms with van der Waals surface area (Å²) in [6, 6.07) is 0. The summed E-state index contributed by atoms with van der Waals surface area (Å²) in [5.41, 5.74) is 16.6. The molecule has 0 aromatic carbocycles. The molecular formula is C6H14N6O2. The molecule has 0 radical (unpaired) electrons. The highest BCUT2D eigenvalue weighted by atomic mass is 16.7. The van der Waals surface area contributed by atoms with Gasteiger partial charge in [0.1, 0.15) is 0 Å². The van der Waals surface area contributed by atoms with Gasteiger partial charge in [-0.25, -0.2) is 4.99 Å². The predicted octanol–water partition coefficient (Wildman–Crippen LogP) is -2.25. The molecule has 0 saturated carbocycles. The molecular weight excluding hydrogens is 188 g/mol. The lowest BCUT2D eigenvalue weighted by Gasteiger charge is -2.34. The lowest BCUT2D eigenvalue weighted by atomic mass is 10.6. The van der Waals surface area contributed by atoms with Crippen molar-refractivity contribution in [3.05, 3.63) is 0 Å². The fraction of sp³-hybridized carbons (Fsp3) is 0.667. The van der Waals surface area contributed by atoms with Gasteiger partial charge in [-0.2, -0.15) is 4.99 Å². The molecule has 0 aromatic heterocycles. The number of hydrogen-bond acceptors (Lipinski definition) is 8. The number of hydrogen-bond donors (Lipinski definition) is 3. The van der Waals surface area contributed by atoms with E-state index in [4.69, 9.17) is 26.7 Å². The number of methoxy groups -OCH3 is 2. The first-order valence-electron chi connectivity index (χ1n) is 3.87. The van der Waals surface area contributed by atoms with Gasteiger partial charge >= 0.3 is 0 Å². The highest BCUT2D eigenvalue weighted by Crippen LogP contribution is 2.08. The molecule has 0 bridgehead atoms. The van der Waals surface area contributed by atoms with Crippen LogP contribution in [0.4, 0.5) is 0 Å². The molecule has 1 rings (SSSR count). The second kappa shape index (κ2) is 4.22. The van der Waals surface area contributed by atoms with Gasteiger partial charge in [-0.05, 0) is 0 Å². The molecule has 8 heteroatoms. The minimum atomic E-state index is -0.752. The van der Waals surface area contributed by atoms with Crippen molar-refractivity contribution >= 4 is 11.9 Å². The summed E-state index contributed by atoms with van der Waals surface area (Å²) in [4.78, 5) is 8.90. The molecule has 0 saturated heterocycles. The summed E-state index contributed by atoms with van der Waals surface area (Å²) >= 11 is 0. The summed E-state index contributed by atoms with van der Waals surface area (Å²) in [6.45, 7) is 0. The summed E-state index contributed by atoms with van der Waals surface area (Å²) in [5, 5.41) is 0. The maximum Gasteiger partial charge on any atom is 0.244 e. The van der Waals surface area contributed by atoms with Crippen LogP contribution in [0.3, 0.4) is 0 Å². The topological polar surface area (TPSA) is 124 Å². The quantitative estimate of drug-likeness (QED) is 0.444. The van der Waals surface area contributed by atoms with Crippen molar-refractivity contribution in [1.29, 1.82) is 0 Å². The Morgan fingerprint density at radius 3 is 2.36 bits per heavy atom. The van der Waals surface area contributed by atoms with Crippen LogP contribution in [0.15, 0.2) is 9.98 Å². The molecule has 0 aliphatic carbocycles. The van der Waals surface area contributed by atoms with E-state index in [2.05, 4.69) is 9.98 Å². The van der Waals surface area contributed by atoms with E-state index >= 15 is 0 Å². The molecule has 8 nitrogen and oxygen atoms in total. The van der Waals surface area contributed by atoms with E-state index in [1.54, 1.807) is 0 Å². The van der Waals surface area contributed by atoms with Crippen LogP contribution in [0.5, 0.6) is 0 Å². The zero-order chi connectivity index (χ0) is 10.7. The van der Waals surface area contributed by atoms with Gasteiger partial charge in [-0.1, -0.05) is 0 Å². The fourth-order valence-corrected chi connectivity index (χ4v) is 1.09. The molecule has 1 heterocycles. The van der Waals surface area contributed by atoms with Crippen LogP contribution in [0.25, 0.3) is 0 Å². The Labute approximate surface area is 81.4 Å². The first-order chi connectivity index (χ1) is 6.60. The van der Waals surface area contributed by atoms with Gasteiger partial charge in [-0.15, -0.1) is 0 Å².